The van der Waals surface area contributed by atoms with Crippen LogP contribution in [0.1, 0.15) is 11.3 Å². The van der Waals surface area contributed by atoms with Gasteiger partial charge in [-0.05, 0) is 24.3 Å². The molecule has 0 atom stereocenters. The summed E-state index contributed by atoms with van der Waals surface area (Å²) in [5.74, 6) is 0.545. The van der Waals surface area contributed by atoms with Crippen LogP contribution < -0.4 is 10.5 Å². The molecule has 98 valence electrons. The van der Waals surface area contributed by atoms with Gasteiger partial charge < -0.3 is 10.5 Å². The van der Waals surface area contributed by atoms with Crippen molar-refractivity contribution in [3.63, 3.8) is 0 Å². The molecule has 0 unspecified atom stereocenters. The van der Waals surface area contributed by atoms with Crippen LogP contribution in [0, 0.1) is 0 Å². The monoisotopic (exact) mass is 312 g/mol. The smallest absolute Gasteiger partial charge is 0.138 e. The predicted octanol–water partition coefficient (Wildman–Crippen LogP) is 3.60. The highest BCUT2D eigenvalue weighted by molar-refractivity contribution is 7.80. The number of halogens is 2. The molecule has 0 aliphatic rings. The van der Waals surface area contributed by atoms with Crippen LogP contribution in [0.5, 0.6) is 5.75 Å². The Kier molecular flexibility index (Phi) is 4.58. The lowest BCUT2D eigenvalue weighted by atomic mass is 10.2. The summed E-state index contributed by atoms with van der Waals surface area (Å²) in [7, 11) is 0. The van der Waals surface area contributed by atoms with E-state index >= 15 is 0 Å². The van der Waals surface area contributed by atoms with Crippen LogP contribution >= 0.6 is 35.4 Å². The minimum absolute atomic E-state index is 0.237. The summed E-state index contributed by atoms with van der Waals surface area (Å²) in [6.07, 6.45) is 1.63. The highest BCUT2D eigenvalue weighted by atomic mass is 35.5. The van der Waals surface area contributed by atoms with Crippen molar-refractivity contribution in [3.05, 3.63) is 57.8 Å². The van der Waals surface area contributed by atoms with Crippen molar-refractivity contribution in [2.45, 2.75) is 6.61 Å². The largest absolute Gasteiger partial charge is 0.487 e. The average Bonchev–Trinajstić information content (AvgIpc) is 2.38. The van der Waals surface area contributed by atoms with Crippen LogP contribution in [-0.2, 0) is 6.61 Å². The third-order valence-corrected chi connectivity index (χ3v) is 3.13. The number of aromatic nitrogens is 1. The van der Waals surface area contributed by atoms with E-state index in [4.69, 9.17) is 45.9 Å². The summed E-state index contributed by atoms with van der Waals surface area (Å²) in [4.78, 5) is 4.36. The van der Waals surface area contributed by atoms with Crippen LogP contribution in [0.15, 0.2) is 36.5 Å². The Hall–Kier alpha value is -1.36. The Morgan fingerprint density at radius 2 is 2.11 bits per heavy atom. The van der Waals surface area contributed by atoms with Crippen LogP contribution in [0.2, 0.25) is 10.0 Å². The summed E-state index contributed by atoms with van der Waals surface area (Å²) < 4.78 is 5.62. The molecule has 0 bridgehead atoms. The van der Waals surface area contributed by atoms with Crippen LogP contribution in [0.3, 0.4) is 0 Å². The lowest BCUT2D eigenvalue weighted by Gasteiger charge is -2.10. The van der Waals surface area contributed by atoms with Gasteiger partial charge in [-0.15, -0.1) is 0 Å². The molecule has 1 aromatic carbocycles. The molecule has 0 aliphatic carbocycles. The van der Waals surface area contributed by atoms with E-state index in [0.29, 0.717) is 21.5 Å². The zero-order valence-electron chi connectivity index (χ0n) is 9.77. The molecule has 2 rings (SSSR count). The Morgan fingerprint density at radius 3 is 2.79 bits per heavy atom. The zero-order valence-corrected chi connectivity index (χ0v) is 12.1. The first-order valence-corrected chi connectivity index (χ1v) is 6.56. The minimum atomic E-state index is 0.237. The standard InChI is InChI=1S/C13H10Cl2N2OS/c14-9-3-4-11(10(15)6-9)18-7-8-2-1-5-17-12(8)13(16)19/h1-6H,7H2,(H2,16,19). The quantitative estimate of drug-likeness (QED) is 0.876. The lowest BCUT2D eigenvalue weighted by molar-refractivity contribution is 0.305. The molecule has 0 saturated heterocycles. The van der Waals surface area contributed by atoms with Crippen molar-refractivity contribution in [1.82, 2.24) is 4.98 Å². The van der Waals surface area contributed by atoms with Gasteiger partial charge in [0.2, 0.25) is 0 Å². The number of nitrogens with zero attached hydrogens (tertiary/aromatic N) is 1. The number of benzene rings is 1. The van der Waals surface area contributed by atoms with E-state index in [0.717, 1.165) is 5.56 Å². The van der Waals surface area contributed by atoms with Gasteiger partial charge in [0.05, 0.1) is 5.02 Å². The van der Waals surface area contributed by atoms with E-state index in [1.807, 2.05) is 6.07 Å². The fourth-order valence-electron chi connectivity index (χ4n) is 1.52. The second-order valence-corrected chi connectivity index (χ2v) is 5.02. The van der Waals surface area contributed by atoms with Gasteiger partial charge in [0.25, 0.3) is 0 Å². The topological polar surface area (TPSA) is 48.1 Å². The maximum atomic E-state index is 6.02. The first kappa shape index (κ1) is 14.1. The highest BCUT2D eigenvalue weighted by Crippen LogP contribution is 2.28. The summed E-state index contributed by atoms with van der Waals surface area (Å²) in [6.45, 7) is 0.280. The second-order valence-electron chi connectivity index (χ2n) is 3.74. The molecule has 1 aromatic heterocycles. The van der Waals surface area contributed by atoms with Gasteiger partial charge >= 0.3 is 0 Å². The van der Waals surface area contributed by atoms with Crippen LogP contribution in [0.4, 0.5) is 0 Å². The van der Waals surface area contributed by atoms with Crippen molar-refractivity contribution in [3.8, 4) is 5.75 Å². The van der Waals surface area contributed by atoms with E-state index in [1.165, 1.54) is 0 Å². The number of hydrogen-bond acceptors (Lipinski definition) is 3. The summed E-state index contributed by atoms with van der Waals surface area (Å²) in [6, 6.07) is 8.69. The van der Waals surface area contributed by atoms with E-state index in [1.54, 1.807) is 30.5 Å². The summed E-state index contributed by atoms with van der Waals surface area (Å²) >= 11 is 16.8. The van der Waals surface area contributed by atoms with Gasteiger partial charge in [0, 0.05) is 16.8 Å². The molecule has 2 N–H and O–H groups in total. The predicted molar refractivity (Wildman–Crippen MR) is 80.9 cm³/mol. The molecular weight excluding hydrogens is 303 g/mol. The maximum absolute atomic E-state index is 6.02. The molecule has 0 amide bonds. The van der Waals surface area contributed by atoms with Gasteiger partial charge in [-0.3, -0.25) is 4.98 Å². The number of nitrogens with two attached hydrogens (primary N) is 1. The number of hydrogen-bond donors (Lipinski definition) is 1. The van der Waals surface area contributed by atoms with Crippen molar-refractivity contribution in [2.75, 3.05) is 0 Å². The van der Waals surface area contributed by atoms with E-state index in [9.17, 15) is 0 Å². The normalized spacial score (nSPS) is 10.2. The van der Waals surface area contributed by atoms with Gasteiger partial charge in [-0.25, -0.2) is 0 Å². The molecule has 0 radical (unpaired) electrons. The molecule has 19 heavy (non-hydrogen) atoms. The molecule has 3 nitrogen and oxygen atoms in total. The summed E-state index contributed by atoms with van der Waals surface area (Å²) in [5.41, 5.74) is 6.97. The average molecular weight is 313 g/mol. The Bertz CT molecular complexity index is 619. The molecule has 0 fully saturated rings. The Morgan fingerprint density at radius 1 is 1.32 bits per heavy atom. The lowest BCUT2D eigenvalue weighted by Crippen LogP contribution is -2.15. The highest BCUT2D eigenvalue weighted by Gasteiger charge is 2.08. The maximum Gasteiger partial charge on any atom is 0.138 e. The second kappa shape index (κ2) is 6.19. The molecule has 1 heterocycles. The first-order valence-electron chi connectivity index (χ1n) is 5.39. The molecule has 0 spiro atoms. The summed E-state index contributed by atoms with van der Waals surface area (Å²) in [5, 5.41) is 1.01. The Labute approximate surface area is 126 Å². The van der Waals surface area contributed by atoms with Crippen molar-refractivity contribution >= 4 is 40.4 Å². The molecule has 0 aliphatic heterocycles. The zero-order chi connectivity index (χ0) is 13.8. The number of pyridine rings is 1. The van der Waals surface area contributed by atoms with Crippen LogP contribution in [0.25, 0.3) is 0 Å². The third kappa shape index (κ3) is 3.56. The fourth-order valence-corrected chi connectivity index (χ4v) is 2.17. The Balaban J connectivity index is 2.17. The third-order valence-electron chi connectivity index (χ3n) is 2.40. The number of rotatable bonds is 4. The van der Waals surface area contributed by atoms with Crippen molar-refractivity contribution in [1.29, 1.82) is 0 Å². The van der Waals surface area contributed by atoms with Gasteiger partial charge in [0.1, 0.15) is 23.0 Å². The van der Waals surface area contributed by atoms with Crippen molar-refractivity contribution < 1.29 is 4.74 Å². The van der Waals surface area contributed by atoms with Crippen molar-refractivity contribution in [2.24, 2.45) is 5.73 Å². The number of thiocarbonyl (C=S) groups is 1. The van der Waals surface area contributed by atoms with Gasteiger partial charge in [0.15, 0.2) is 0 Å². The van der Waals surface area contributed by atoms with E-state index in [-0.39, 0.29) is 11.6 Å². The molecule has 2 aromatic rings. The SMILES string of the molecule is NC(=S)c1ncccc1COc1ccc(Cl)cc1Cl. The molecule has 0 saturated carbocycles. The van der Waals surface area contributed by atoms with Gasteiger partial charge in [-0.1, -0.05) is 41.5 Å². The van der Waals surface area contributed by atoms with E-state index in [2.05, 4.69) is 4.98 Å². The minimum Gasteiger partial charge on any atom is -0.487 e. The molecular formula is C13H10Cl2N2OS. The molecule has 6 heteroatoms. The van der Waals surface area contributed by atoms with Gasteiger partial charge in [-0.2, -0.15) is 0 Å². The first-order chi connectivity index (χ1) is 9.08. The fraction of sp³-hybridized carbons (Fsp3) is 0.0769. The van der Waals surface area contributed by atoms with E-state index < -0.39 is 0 Å². The van der Waals surface area contributed by atoms with Crippen LogP contribution in [-0.4, -0.2) is 9.97 Å². The number of ether oxygens (including phenoxy) is 1.